The Balaban J connectivity index is 2.42. The molecule has 2 rings (SSSR count). The average Bonchev–Trinajstić information content (AvgIpc) is 2.56. The van der Waals surface area contributed by atoms with Crippen molar-refractivity contribution in [3.05, 3.63) is 63.2 Å². The molecular weight excluding hydrogens is 342 g/mol. The quantitative estimate of drug-likeness (QED) is 0.629. The van der Waals surface area contributed by atoms with Gasteiger partial charge in [-0.2, -0.15) is 0 Å². The number of nitrogens with zero attached hydrogens (tertiary/aromatic N) is 2. The predicted molar refractivity (Wildman–Crippen MR) is 97.4 cm³/mol. The van der Waals surface area contributed by atoms with Crippen LogP contribution in [0.1, 0.15) is 16.7 Å². The second-order valence-corrected chi connectivity index (χ2v) is 7.79. The Morgan fingerprint density at radius 2 is 1.84 bits per heavy atom. The van der Waals surface area contributed by atoms with Gasteiger partial charge in [-0.15, -0.1) is 0 Å². The van der Waals surface area contributed by atoms with E-state index in [4.69, 9.17) is 0 Å². The predicted octanol–water partition coefficient (Wildman–Crippen LogP) is 2.76. The van der Waals surface area contributed by atoms with Crippen LogP contribution in [0.15, 0.2) is 41.3 Å². The largest absolute Gasteiger partial charge is 0.365 e. The molecule has 134 valence electrons. The first-order valence-corrected chi connectivity index (χ1v) is 9.13. The summed E-state index contributed by atoms with van der Waals surface area (Å²) in [6.45, 7) is 4.48. The van der Waals surface area contributed by atoms with Crippen molar-refractivity contribution in [3.63, 3.8) is 0 Å². The third-order valence-electron chi connectivity index (χ3n) is 4.04. The topological polar surface area (TPSA) is 92.6 Å². The Kier molecular flexibility index (Phi) is 5.44. The highest BCUT2D eigenvalue weighted by atomic mass is 32.2. The zero-order valence-corrected chi connectivity index (χ0v) is 15.4. The number of nitrogens with one attached hydrogen (secondary N) is 1. The molecule has 25 heavy (non-hydrogen) atoms. The minimum Gasteiger partial charge on any atom is -0.365 e. The van der Waals surface area contributed by atoms with Crippen molar-refractivity contribution >= 4 is 21.4 Å². The van der Waals surface area contributed by atoms with E-state index in [0.717, 1.165) is 22.8 Å². The van der Waals surface area contributed by atoms with Gasteiger partial charge in [0.25, 0.3) is 5.69 Å². The molecule has 0 bridgehead atoms. The van der Waals surface area contributed by atoms with Crippen LogP contribution in [-0.2, 0) is 16.6 Å². The highest BCUT2D eigenvalue weighted by molar-refractivity contribution is 7.89. The van der Waals surface area contributed by atoms with Crippen LogP contribution in [0.2, 0.25) is 0 Å². The molecule has 0 aliphatic carbocycles. The molecule has 0 aromatic heterocycles. The number of anilines is 1. The molecule has 8 heteroatoms. The van der Waals surface area contributed by atoms with E-state index in [1.165, 1.54) is 19.2 Å². The van der Waals surface area contributed by atoms with Gasteiger partial charge >= 0.3 is 0 Å². The maximum absolute atomic E-state index is 11.9. The highest BCUT2D eigenvalue weighted by Crippen LogP contribution is 2.31. The molecule has 0 amide bonds. The van der Waals surface area contributed by atoms with Crippen molar-refractivity contribution in [2.45, 2.75) is 25.3 Å². The lowest BCUT2D eigenvalue weighted by atomic mass is 10.1. The van der Waals surface area contributed by atoms with Crippen LogP contribution in [0, 0.1) is 24.0 Å². The van der Waals surface area contributed by atoms with Crippen molar-refractivity contribution in [2.24, 2.45) is 0 Å². The smallest absolute Gasteiger partial charge is 0.293 e. The minimum atomic E-state index is -3.74. The van der Waals surface area contributed by atoms with Gasteiger partial charge in [0.1, 0.15) is 5.69 Å². The fraction of sp³-hybridized carbons (Fsp3) is 0.294. The average molecular weight is 363 g/mol. The summed E-state index contributed by atoms with van der Waals surface area (Å²) in [4.78, 5) is 12.5. The third-order valence-corrected chi connectivity index (χ3v) is 5.45. The van der Waals surface area contributed by atoms with Crippen LogP contribution in [0.3, 0.4) is 0 Å². The number of rotatable bonds is 6. The van der Waals surface area contributed by atoms with E-state index in [2.05, 4.69) is 10.8 Å². The summed E-state index contributed by atoms with van der Waals surface area (Å²) in [7, 11) is -0.731. The fourth-order valence-corrected chi connectivity index (χ4v) is 3.37. The number of hydrogen-bond donors (Lipinski definition) is 1. The van der Waals surface area contributed by atoms with Crippen LogP contribution in [-0.4, -0.2) is 27.4 Å². The summed E-state index contributed by atoms with van der Waals surface area (Å²) < 4.78 is 25.9. The highest BCUT2D eigenvalue weighted by Gasteiger charge is 2.22. The van der Waals surface area contributed by atoms with Crippen LogP contribution in [0.5, 0.6) is 0 Å². The van der Waals surface area contributed by atoms with Crippen LogP contribution in [0.25, 0.3) is 0 Å². The molecule has 0 heterocycles. The first-order chi connectivity index (χ1) is 11.7. The van der Waals surface area contributed by atoms with Gasteiger partial charge in [-0.25, -0.2) is 13.1 Å². The molecule has 0 saturated heterocycles. The van der Waals surface area contributed by atoms with Crippen LogP contribution >= 0.6 is 0 Å². The molecule has 0 saturated carbocycles. The number of nitro benzene ring substituents is 1. The van der Waals surface area contributed by atoms with E-state index in [9.17, 15) is 18.5 Å². The molecule has 2 aromatic carbocycles. The van der Waals surface area contributed by atoms with Crippen molar-refractivity contribution < 1.29 is 13.3 Å². The molecular formula is C17H21N3O4S. The lowest BCUT2D eigenvalue weighted by Gasteiger charge is -2.21. The maximum atomic E-state index is 11.9. The van der Waals surface area contributed by atoms with Crippen molar-refractivity contribution in [1.82, 2.24) is 4.72 Å². The van der Waals surface area contributed by atoms with Gasteiger partial charge in [0.05, 0.1) is 9.82 Å². The lowest BCUT2D eigenvalue weighted by molar-refractivity contribution is -0.384. The van der Waals surface area contributed by atoms with Gasteiger partial charge < -0.3 is 4.90 Å². The molecule has 0 aliphatic heterocycles. The molecule has 2 aromatic rings. The third kappa shape index (κ3) is 4.15. The minimum absolute atomic E-state index is 0.134. The molecule has 1 N–H and O–H groups in total. The second kappa shape index (κ2) is 7.20. The van der Waals surface area contributed by atoms with E-state index < -0.39 is 14.9 Å². The molecule has 0 radical (unpaired) electrons. The number of hydrogen-bond acceptors (Lipinski definition) is 5. The Bertz CT molecular complexity index is 910. The summed E-state index contributed by atoms with van der Waals surface area (Å²) in [5.41, 5.74) is 3.42. The van der Waals surface area contributed by atoms with Gasteiger partial charge in [-0.1, -0.05) is 23.8 Å². The first kappa shape index (κ1) is 18.9. The Morgan fingerprint density at radius 1 is 1.16 bits per heavy atom. The summed E-state index contributed by atoms with van der Waals surface area (Å²) in [5, 5.41) is 11.4. The van der Waals surface area contributed by atoms with Gasteiger partial charge in [-0.3, -0.25) is 10.1 Å². The normalized spacial score (nSPS) is 11.4. The van der Waals surface area contributed by atoms with Crippen LogP contribution < -0.4 is 9.62 Å². The van der Waals surface area contributed by atoms with Crippen LogP contribution in [0.4, 0.5) is 11.4 Å². The van der Waals surface area contributed by atoms with Gasteiger partial charge in [-0.05, 0) is 44.2 Å². The summed E-state index contributed by atoms with van der Waals surface area (Å²) in [5.74, 6) is 0. The standard InChI is InChI=1S/C17H21N3O4S/c1-12-5-6-14(13(2)9-12)11-19(4)16-8-7-15(25(23,24)18-3)10-17(16)20(21)22/h5-10,18H,11H2,1-4H3. The van der Waals surface area contributed by atoms with Gasteiger partial charge in [0, 0.05) is 19.7 Å². The van der Waals surface area contributed by atoms with E-state index in [1.807, 2.05) is 26.0 Å². The fourth-order valence-electron chi connectivity index (χ4n) is 2.62. The van der Waals surface area contributed by atoms with E-state index in [1.54, 1.807) is 11.9 Å². The van der Waals surface area contributed by atoms with Gasteiger partial charge in [0.15, 0.2) is 0 Å². The molecule has 0 unspecified atom stereocenters. The van der Waals surface area contributed by atoms with E-state index in [-0.39, 0.29) is 10.6 Å². The molecule has 0 aliphatic rings. The summed E-state index contributed by atoms with van der Waals surface area (Å²) in [6.07, 6.45) is 0. The first-order valence-electron chi connectivity index (χ1n) is 7.65. The Labute approximate surface area is 147 Å². The van der Waals surface area contributed by atoms with E-state index in [0.29, 0.717) is 12.2 Å². The number of nitro groups is 1. The van der Waals surface area contributed by atoms with E-state index >= 15 is 0 Å². The maximum Gasteiger partial charge on any atom is 0.293 e. The number of benzene rings is 2. The molecule has 0 fully saturated rings. The zero-order chi connectivity index (χ0) is 18.8. The van der Waals surface area contributed by atoms with Crippen molar-refractivity contribution in [3.8, 4) is 0 Å². The monoisotopic (exact) mass is 363 g/mol. The Hall–Kier alpha value is -2.45. The lowest BCUT2D eigenvalue weighted by Crippen LogP contribution is -2.21. The number of aryl methyl sites for hydroxylation is 2. The Morgan fingerprint density at radius 3 is 2.40 bits per heavy atom. The SMILES string of the molecule is CNS(=O)(=O)c1ccc(N(C)Cc2ccc(C)cc2C)c([N+](=O)[O-])c1. The molecule has 0 atom stereocenters. The number of sulfonamides is 1. The molecule has 7 nitrogen and oxygen atoms in total. The molecule has 0 spiro atoms. The summed E-state index contributed by atoms with van der Waals surface area (Å²) in [6, 6.07) is 9.96. The van der Waals surface area contributed by atoms with Crippen molar-refractivity contribution in [1.29, 1.82) is 0 Å². The van der Waals surface area contributed by atoms with Crippen molar-refractivity contribution in [2.75, 3.05) is 19.0 Å². The van der Waals surface area contributed by atoms with Gasteiger partial charge in [0.2, 0.25) is 10.0 Å². The zero-order valence-electron chi connectivity index (χ0n) is 14.6. The second-order valence-electron chi connectivity index (χ2n) is 5.90. The summed E-state index contributed by atoms with van der Waals surface area (Å²) >= 11 is 0.